The number of rotatable bonds is 6. The van der Waals surface area contributed by atoms with Crippen LogP contribution in [-0.2, 0) is 4.74 Å². The molecule has 1 atom stereocenters. The Balaban J connectivity index is 1.91. The number of halogens is 2. The van der Waals surface area contributed by atoms with Crippen molar-refractivity contribution < 1.29 is 14.3 Å². The van der Waals surface area contributed by atoms with E-state index in [9.17, 15) is 4.79 Å². The van der Waals surface area contributed by atoms with Gasteiger partial charge in [0.15, 0.2) is 5.75 Å². The zero-order valence-corrected chi connectivity index (χ0v) is 15.8. The monoisotopic (exact) mass is 374 g/mol. The maximum absolute atomic E-state index is 12.3. The van der Waals surface area contributed by atoms with Crippen molar-refractivity contribution in [3.05, 3.63) is 27.7 Å². The number of hydrogen-bond donors (Lipinski definition) is 1. The van der Waals surface area contributed by atoms with Crippen LogP contribution in [0.5, 0.6) is 5.75 Å². The van der Waals surface area contributed by atoms with Gasteiger partial charge in [0.2, 0.25) is 0 Å². The third-order valence-corrected chi connectivity index (χ3v) is 4.36. The molecule has 134 valence electrons. The lowest BCUT2D eigenvalue weighted by molar-refractivity contribution is -0.0295. The number of carbonyl (C=O) groups is 1. The third-order valence-electron chi connectivity index (χ3n) is 3.80. The highest BCUT2D eigenvalue weighted by atomic mass is 35.5. The van der Waals surface area contributed by atoms with E-state index in [1.54, 1.807) is 12.1 Å². The van der Waals surface area contributed by atoms with Crippen LogP contribution in [0.3, 0.4) is 0 Å². The van der Waals surface area contributed by atoms with Crippen LogP contribution in [0, 0.1) is 5.92 Å². The summed E-state index contributed by atoms with van der Waals surface area (Å²) in [4.78, 5) is 14.7. The van der Waals surface area contributed by atoms with Crippen molar-refractivity contribution in [3.63, 3.8) is 0 Å². The molecule has 1 amide bonds. The predicted molar refractivity (Wildman–Crippen MR) is 96.4 cm³/mol. The SMILES string of the molecule is COc1c(Cl)cc(C(=O)NCC2CN(CC(C)C)CCO2)cc1Cl. The van der Waals surface area contributed by atoms with Gasteiger partial charge in [0.05, 0.1) is 29.9 Å². The normalized spacial score (nSPS) is 18.7. The molecule has 1 aliphatic heterocycles. The van der Waals surface area contributed by atoms with Crippen LogP contribution < -0.4 is 10.1 Å². The van der Waals surface area contributed by atoms with Crippen molar-refractivity contribution in [3.8, 4) is 5.75 Å². The number of methoxy groups -OCH3 is 1. The highest BCUT2D eigenvalue weighted by molar-refractivity contribution is 6.37. The van der Waals surface area contributed by atoms with Gasteiger partial charge in [-0.25, -0.2) is 0 Å². The molecule has 0 spiro atoms. The van der Waals surface area contributed by atoms with E-state index in [0.717, 1.165) is 19.6 Å². The fourth-order valence-electron chi connectivity index (χ4n) is 2.78. The van der Waals surface area contributed by atoms with Crippen molar-refractivity contribution in [2.45, 2.75) is 20.0 Å². The number of amides is 1. The Hall–Kier alpha value is -1.01. The van der Waals surface area contributed by atoms with Crippen molar-refractivity contribution in [2.75, 3.05) is 39.9 Å². The van der Waals surface area contributed by atoms with Crippen molar-refractivity contribution in [2.24, 2.45) is 5.92 Å². The van der Waals surface area contributed by atoms with Crippen LogP contribution in [-0.4, -0.2) is 56.8 Å². The van der Waals surface area contributed by atoms with E-state index in [1.807, 2.05) is 0 Å². The molecule has 0 bridgehead atoms. The molecule has 1 saturated heterocycles. The molecule has 0 aliphatic carbocycles. The molecule has 24 heavy (non-hydrogen) atoms. The summed E-state index contributed by atoms with van der Waals surface area (Å²) in [5, 5.41) is 3.51. The Morgan fingerprint density at radius 3 is 2.67 bits per heavy atom. The number of nitrogens with zero attached hydrogens (tertiary/aromatic N) is 1. The maximum Gasteiger partial charge on any atom is 0.251 e. The van der Waals surface area contributed by atoms with E-state index in [1.165, 1.54) is 7.11 Å². The number of ether oxygens (including phenoxy) is 2. The van der Waals surface area contributed by atoms with Crippen LogP contribution >= 0.6 is 23.2 Å². The van der Waals surface area contributed by atoms with Gasteiger partial charge in [0.25, 0.3) is 5.91 Å². The fourth-order valence-corrected chi connectivity index (χ4v) is 3.42. The first-order valence-electron chi connectivity index (χ1n) is 8.06. The minimum atomic E-state index is -0.231. The average molecular weight is 375 g/mol. The summed E-state index contributed by atoms with van der Waals surface area (Å²) in [6.45, 7) is 8.33. The summed E-state index contributed by atoms with van der Waals surface area (Å²) >= 11 is 12.1. The Kier molecular flexibility index (Phi) is 7.16. The predicted octanol–water partition coefficient (Wildman–Crippen LogP) is 3.09. The summed E-state index contributed by atoms with van der Waals surface area (Å²) in [6.07, 6.45) is -0.00866. The molecule has 1 heterocycles. The van der Waals surface area contributed by atoms with E-state index < -0.39 is 0 Å². The maximum atomic E-state index is 12.3. The van der Waals surface area contributed by atoms with Crippen molar-refractivity contribution >= 4 is 29.1 Å². The zero-order valence-electron chi connectivity index (χ0n) is 14.3. The molecule has 0 radical (unpaired) electrons. The van der Waals surface area contributed by atoms with Crippen LogP contribution in [0.15, 0.2) is 12.1 Å². The first-order chi connectivity index (χ1) is 11.4. The lowest BCUT2D eigenvalue weighted by atomic mass is 10.1. The zero-order chi connectivity index (χ0) is 17.7. The van der Waals surface area contributed by atoms with Crippen LogP contribution in [0.25, 0.3) is 0 Å². The smallest absolute Gasteiger partial charge is 0.251 e. The molecule has 1 fully saturated rings. The molecule has 2 rings (SSSR count). The van der Waals surface area contributed by atoms with E-state index in [-0.39, 0.29) is 12.0 Å². The number of hydrogen-bond acceptors (Lipinski definition) is 4. The van der Waals surface area contributed by atoms with E-state index in [0.29, 0.717) is 40.4 Å². The molecule has 1 unspecified atom stereocenters. The molecule has 1 N–H and O–H groups in total. The standard InChI is InChI=1S/C17H24Cl2N2O3/c1-11(2)9-21-4-5-24-13(10-21)8-20-17(22)12-6-14(18)16(23-3)15(19)7-12/h6-7,11,13H,4-5,8-10H2,1-3H3,(H,20,22). The summed E-state index contributed by atoms with van der Waals surface area (Å²) in [7, 11) is 1.48. The summed E-state index contributed by atoms with van der Waals surface area (Å²) < 4.78 is 10.8. The quantitative estimate of drug-likeness (QED) is 0.830. The van der Waals surface area contributed by atoms with Gasteiger partial charge in [-0.15, -0.1) is 0 Å². The fraction of sp³-hybridized carbons (Fsp3) is 0.588. The second-order valence-corrected chi connectivity index (χ2v) is 7.14. The van der Waals surface area contributed by atoms with Gasteiger partial charge in [-0.1, -0.05) is 37.0 Å². The number of carbonyl (C=O) groups excluding carboxylic acids is 1. The molecule has 0 aromatic heterocycles. The number of nitrogens with one attached hydrogen (secondary N) is 1. The van der Waals surface area contributed by atoms with Gasteiger partial charge >= 0.3 is 0 Å². The Labute approximate surface area is 153 Å². The van der Waals surface area contributed by atoms with Gasteiger partial charge < -0.3 is 14.8 Å². The molecular formula is C17H24Cl2N2O3. The molecule has 1 aromatic rings. The average Bonchev–Trinajstić information content (AvgIpc) is 2.52. The molecule has 1 aliphatic rings. The van der Waals surface area contributed by atoms with Crippen molar-refractivity contribution in [1.29, 1.82) is 0 Å². The second-order valence-electron chi connectivity index (χ2n) is 6.33. The molecule has 1 aromatic carbocycles. The van der Waals surface area contributed by atoms with E-state index in [4.69, 9.17) is 32.7 Å². The minimum Gasteiger partial charge on any atom is -0.494 e. The molecule has 5 nitrogen and oxygen atoms in total. The topological polar surface area (TPSA) is 50.8 Å². The largest absolute Gasteiger partial charge is 0.494 e. The van der Waals surface area contributed by atoms with Crippen molar-refractivity contribution in [1.82, 2.24) is 10.2 Å². The summed E-state index contributed by atoms with van der Waals surface area (Å²) in [6, 6.07) is 3.10. The van der Waals surface area contributed by atoms with E-state index >= 15 is 0 Å². The van der Waals surface area contributed by atoms with E-state index in [2.05, 4.69) is 24.1 Å². The Morgan fingerprint density at radius 2 is 2.08 bits per heavy atom. The lowest BCUT2D eigenvalue weighted by Gasteiger charge is -2.33. The second kappa shape index (κ2) is 8.90. The highest BCUT2D eigenvalue weighted by Gasteiger charge is 2.22. The molecular weight excluding hydrogens is 351 g/mol. The number of morpholine rings is 1. The first kappa shape index (κ1) is 19.3. The molecule has 7 heteroatoms. The summed E-state index contributed by atoms with van der Waals surface area (Å²) in [5.74, 6) is 0.753. The van der Waals surface area contributed by atoms with Crippen LogP contribution in [0.2, 0.25) is 10.0 Å². The van der Waals surface area contributed by atoms with Crippen LogP contribution in [0.1, 0.15) is 24.2 Å². The van der Waals surface area contributed by atoms with Gasteiger partial charge in [-0.05, 0) is 18.1 Å². The van der Waals surface area contributed by atoms with Crippen LogP contribution in [0.4, 0.5) is 0 Å². The third kappa shape index (κ3) is 5.24. The Bertz CT molecular complexity index is 558. The Morgan fingerprint density at radius 1 is 1.42 bits per heavy atom. The minimum absolute atomic E-state index is 0.00866. The van der Waals surface area contributed by atoms with Gasteiger partial charge in [-0.3, -0.25) is 9.69 Å². The van der Waals surface area contributed by atoms with Gasteiger partial charge in [-0.2, -0.15) is 0 Å². The highest BCUT2D eigenvalue weighted by Crippen LogP contribution is 2.33. The molecule has 0 saturated carbocycles. The van der Waals surface area contributed by atoms with Gasteiger partial charge in [0.1, 0.15) is 0 Å². The van der Waals surface area contributed by atoms with Gasteiger partial charge in [0, 0.05) is 31.7 Å². The summed E-state index contributed by atoms with van der Waals surface area (Å²) in [5.41, 5.74) is 0.403. The first-order valence-corrected chi connectivity index (χ1v) is 8.81. The number of benzene rings is 1. The lowest BCUT2D eigenvalue weighted by Crippen LogP contribution is -2.48.